The number of hydrogen-bond donors (Lipinski definition) is 0. The lowest BCUT2D eigenvalue weighted by Gasteiger charge is -2.37. The van der Waals surface area contributed by atoms with Gasteiger partial charge in [-0.2, -0.15) is 0 Å². The minimum atomic E-state index is -0.496. The van der Waals surface area contributed by atoms with E-state index in [1.165, 1.54) is 0 Å². The van der Waals surface area contributed by atoms with Crippen molar-refractivity contribution >= 4 is 11.7 Å². The molecule has 0 saturated carbocycles. The van der Waals surface area contributed by atoms with Crippen molar-refractivity contribution in [1.29, 1.82) is 0 Å². The van der Waals surface area contributed by atoms with E-state index in [1.54, 1.807) is 15.3 Å². The topological polar surface area (TPSA) is 72.1 Å². The summed E-state index contributed by atoms with van der Waals surface area (Å²) in [5.74, 6) is 0.395. The van der Waals surface area contributed by atoms with E-state index in [4.69, 9.17) is 4.74 Å². The average molecular weight is 418 g/mol. The second kappa shape index (κ2) is 9.20. The molecule has 1 atom stereocenters. The van der Waals surface area contributed by atoms with Gasteiger partial charge in [-0.25, -0.2) is 14.3 Å². The van der Waals surface area contributed by atoms with Crippen LogP contribution in [0.5, 0.6) is 0 Å². The predicted octanol–water partition coefficient (Wildman–Crippen LogP) is 2.85. The highest BCUT2D eigenvalue weighted by Gasteiger charge is 2.29. The summed E-state index contributed by atoms with van der Waals surface area (Å²) in [5, 5.41) is 4.42. The fourth-order valence-corrected chi connectivity index (χ4v) is 3.95. The van der Waals surface area contributed by atoms with Gasteiger partial charge in [-0.15, -0.1) is 5.10 Å². The molecule has 1 fully saturated rings. The third-order valence-electron chi connectivity index (χ3n) is 5.43. The first-order chi connectivity index (χ1) is 14.1. The van der Waals surface area contributed by atoms with Crippen LogP contribution in [0.3, 0.4) is 0 Å². The largest absolute Gasteiger partial charge is 0.444 e. The first-order valence-electron chi connectivity index (χ1n) is 10.9. The van der Waals surface area contributed by atoms with E-state index in [0.29, 0.717) is 24.7 Å². The number of amides is 1. The Kier molecular flexibility index (Phi) is 6.85. The predicted molar refractivity (Wildman–Crippen MR) is 117 cm³/mol. The molecule has 0 bridgehead atoms. The number of carbonyl (C=O) groups excluding carboxylic acids is 1. The second-order valence-electron chi connectivity index (χ2n) is 9.47. The molecule has 0 aliphatic carbocycles. The number of piperidine rings is 1. The monoisotopic (exact) mass is 417 g/mol. The Bertz CT molecular complexity index is 911. The minimum absolute atomic E-state index is 0.0896. The van der Waals surface area contributed by atoms with Crippen molar-refractivity contribution in [3.8, 4) is 0 Å². The van der Waals surface area contributed by atoms with Crippen LogP contribution in [0.25, 0.3) is 5.65 Å². The summed E-state index contributed by atoms with van der Waals surface area (Å²) in [5.41, 5.74) is 0.0727. The zero-order chi connectivity index (χ0) is 21.9. The van der Waals surface area contributed by atoms with Crippen LogP contribution in [0.1, 0.15) is 47.5 Å². The van der Waals surface area contributed by atoms with Gasteiger partial charge in [0, 0.05) is 31.9 Å². The smallest absolute Gasteiger partial charge is 0.410 e. The number of hydrogen-bond acceptors (Lipinski definition) is 5. The molecular weight excluding hydrogens is 382 g/mol. The number of aromatic nitrogens is 3. The number of nitrogens with zero attached hydrogens (tertiary/aromatic N) is 5. The number of carbonyl (C=O) groups is 1. The summed E-state index contributed by atoms with van der Waals surface area (Å²) in [6.45, 7) is 13.7. The SMILES string of the molecule is CC(C)N(CC1CCCN(CCn2nc3ccccn3c2=O)C1)C(=O)OC(C)(C)C. The molecule has 0 aromatic carbocycles. The minimum Gasteiger partial charge on any atom is -0.444 e. The Morgan fingerprint density at radius 3 is 2.73 bits per heavy atom. The van der Waals surface area contributed by atoms with Crippen molar-refractivity contribution in [1.82, 2.24) is 24.0 Å². The molecule has 30 heavy (non-hydrogen) atoms. The van der Waals surface area contributed by atoms with Crippen LogP contribution in [0.2, 0.25) is 0 Å². The number of likely N-dealkylation sites (tertiary alicyclic amines) is 1. The second-order valence-corrected chi connectivity index (χ2v) is 9.47. The van der Waals surface area contributed by atoms with Gasteiger partial charge in [0.1, 0.15) is 5.60 Å². The van der Waals surface area contributed by atoms with Gasteiger partial charge in [0.05, 0.1) is 6.54 Å². The van der Waals surface area contributed by atoms with E-state index in [1.807, 2.05) is 57.7 Å². The van der Waals surface area contributed by atoms with E-state index >= 15 is 0 Å². The van der Waals surface area contributed by atoms with Gasteiger partial charge < -0.3 is 14.5 Å². The third kappa shape index (κ3) is 5.62. The highest BCUT2D eigenvalue weighted by molar-refractivity contribution is 5.68. The molecule has 3 rings (SSSR count). The van der Waals surface area contributed by atoms with Gasteiger partial charge >= 0.3 is 11.8 Å². The summed E-state index contributed by atoms with van der Waals surface area (Å²) >= 11 is 0. The highest BCUT2D eigenvalue weighted by Crippen LogP contribution is 2.20. The number of ether oxygens (including phenoxy) is 1. The van der Waals surface area contributed by atoms with Crippen LogP contribution in [-0.4, -0.2) is 67.9 Å². The van der Waals surface area contributed by atoms with Crippen molar-refractivity contribution in [2.75, 3.05) is 26.2 Å². The Balaban J connectivity index is 1.58. The molecule has 166 valence electrons. The Labute approximate surface area is 178 Å². The van der Waals surface area contributed by atoms with Gasteiger partial charge in [-0.3, -0.25) is 4.40 Å². The maximum atomic E-state index is 12.6. The lowest BCUT2D eigenvalue weighted by molar-refractivity contribution is 0.0119. The molecule has 1 aliphatic rings. The molecular formula is C22H35N5O3. The number of pyridine rings is 1. The molecule has 1 aliphatic heterocycles. The first kappa shape index (κ1) is 22.3. The summed E-state index contributed by atoms with van der Waals surface area (Å²) < 4.78 is 8.71. The molecule has 0 spiro atoms. The van der Waals surface area contributed by atoms with Crippen LogP contribution in [-0.2, 0) is 11.3 Å². The van der Waals surface area contributed by atoms with E-state index < -0.39 is 5.60 Å². The Hall–Kier alpha value is -2.35. The summed E-state index contributed by atoms with van der Waals surface area (Å²) in [4.78, 5) is 29.3. The van der Waals surface area contributed by atoms with E-state index in [9.17, 15) is 9.59 Å². The van der Waals surface area contributed by atoms with Crippen LogP contribution in [0, 0.1) is 5.92 Å². The first-order valence-corrected chi connectivity index (χ1v) is 10.9. The van der Waals surface area contributed by atoms with Gasteiger partial charge in [0.25, 0.3) is 0 Å². The van der Waals surface area contributed by atoms with Crippen molar-refractivity contribution in [2.24, 2.45) is 5.92 Å². The molecule has 2 aromatic heterocycles. The van der Waals surface area contributed by atoms with Crippen LogP contribution in [0.15, 0.2) is 29.2 Å². The zero-order valence-electron chi connectivity index (χ0n) is 18.9. The normalized spacial score (nSPS) is 18.1. The van der Waals surface area contributed by atoms with Crippen LogP contribution < -0.4 is 5.69 Å². The lowest BCUT2D eigenvalue weighted by Crippen LogP contribution is -2.47. The van der Waals surface area contributed by atoms with Crippen molar-refractivity contribution in [2.45, 2.75) is 65.6 Å². The maximum Gasteiger partial charge on any atom is 0.410 e. The van der Waals surface area contributed by atoms with E-state index in [0.717, 1.165) is 32.5 Å². The van der Waals surface area contributed by atoms with Crippen LogP contribution >= 0.6 is 0 Å². The zero-order valence-corrected chi connectivity index (χ0v) is 18.9. The molecule has 1 amide bonds. The maximum absolute atomic E-state index is 12.6. The Morgan fingerprint density at radius 2 is 2.07 bits per heavy atom. The van der Waals surface area contributed by atoms with Crippen molar-refractivity contribution < 1.29 is 9.53 Å². The average Bonchev–Trinajstić information content (AvgIpc) is 2.99. The number of fused-ring (bicyclic) bond motifs is 1. The molecule has 1 unspecified atom stereocenters. The molecule has 0 N–H and O–H groups in total. The fourth-order valence-electron chi connectivity index (χ4n) is 3.95. The molecule has 8 nitrogen and oxygen atoms in total. The van der Waals surface area contributed by atoms with Crippen molar-refractivity contribution in [3.05, 3.63) is 34.9 Å². The van der Waals surface area contributed by atoms with E-state index in [-0.39, 0.29) is 17.8 Å². The van der Waals surface area contributed by atoms with E-state index in [2.05, 4.69) is 10.00 Å². The molecule has 1 saturated heterocycles. The van der Waals surface area contributed by atoms with Crippen LogP contribution in [0.4, 0.5) is 4.79 Å². The molecule has 3 heterocycles. The fraction of sp³-hybridized carbons (Fsp3) is 0.682. The summed E-state index contributed by atoms with van der Waals surface area (Å²) in [6.07, 6.45) is 3.68. The summed E-state index contributed by atoms with van der Waals surface area (Å²) in [7, 11) is 0. The quantitative estimate of drug-likeness (QED) is 0.723. The third-order valence-corrected chi connectivity index (χ3v) is 5.43. The van der Waals surface area contributed by atoms with Gasteiger partial charge in [0.2, 0.25) is 0 Å². The van der Waals surface area contributed by atoms with Gasteiger partial charge in [-0.05, 0) is 72.1 Å². The molecule has 8 heteroatoms. The highest BCUT2D eigenvalue weighted by atomic mass is 16.6. The van der Waals surface area contributed by atoms with Gasteiger partial charge in [-0.1, -0.05) is 6.07 Å². The van der Waals surface area contributed by atoms with Crippen molar-refractivity contribution in [3.63, 3.8) is 0 Å². The summed E-state index contributed by atoms with van der Waals surface area (Å²) in [6, 6.07) is 5.64. The molecule has 2 aromatic rings. The number of rotatable bonds is 6. The van der Waals surface area contributed by atoms with Gasteiger partial charge in [0.15, 0.2) is 5.65 Å². The Morgan fingerprint density at radius 1 is 1.30 bits per heavy atom. The molecule has 0 radical (unpaired) electrons. The standard InChI is InChI=1S/C22H35N5O3/c1-17(2)26(21(29)30-22(3,4)5)16-18-9-8-11-24(15-18)13-14-27-20(28)25-12-7-6-10-19(25)23-27/h6-7,10,12,17-18H,8-9,11,13-16H2,1-5H3. The lowest BCUT2D eigenvalue weighted by atomic mass is 9.97.